The van der Waals surface area contributed by atoms with Crippen LogP contribution in [0.5, 0.6) is 0 Å². The third-order valence-corrected chi connectivity index (χ3v) is 5.85. The molecule has 0 saturated heterocycles. The number of rotatable bonds is 9. The van der Waals surface area contributed by atoms with Crippen molar-refractivity contribution in [3.63, 3.8) is 0 Å². The minimum atomic E-state index is -6.09. The number of hydrogen-bond donors (Lipinski definition) is 0. The maximum absolute atomic E-state index is 12.2. The molecule has 0 radical (unpaired) electrons. The van der Waals surface area contributed by atoms with Crippen LogP contribution < -0.4 is 4.48 Å². The molecule has 1 aromatic carbocycles. The van der Waals surface area contributed by atoms with E-state index in [0.717, 1.165) is 18.5 Å². The summed E-state index contributed by atoms with van der Waals surface area (Å²) < 4.78 is 89.2. The van der Waals surface area contributed by atoms with Gasteiger partial charge in [0.15, 0.2) is 10.1 Å². The molecule has 30 heavy (non-hydrogen) atoms. The zero-order valence-electron chi connectivity index (χ0n) is 17.8. The molecule has 0 aromatic heterocycles. The number of unbranched alkanes of at least 4 members (excludes halogenated alkanes) is 2. The van der Waals surface area contributed by atoms with Crippen molar-refractivity contribution in [2.24, 2.45) is 5.92 Å². The maximum Gasteiger partial charge on any atom is 0.485 e. The van der Waals surface area contributed by atoms with Crippen LogP contribution in [0.2, 0.25) is 0 Å². The molecule has 0 N–H and O–H groups in total. The molecule has 1 aromatic rings. The van der Waals surface area contributed by atoms with Crippen LogP contribution in [-0.2, 0) is 24.4 Å². The van der Waals surface area contributed by atoms with E-state index in [1.165, 1.54) is 12.8 Å². The number of halogens is 3. The fraction of sp³-hybridized carbons (Fsp3) is 0.667. The molecule has 0 amide bonds. The van der Waals surface area contributed by atoms with Crippen molar-refractivity contribution in [3.8, 4) is 0 Å². The van der Waals surface area contributed by atoms with E-state index in [2.05, 4.69) is 6.92 Å². The van der Waals surface area contributed by atoms with Gasteiger partial charge in [0.05, 0.1) is 32.6 Å². The van der Waals surface area contributed by atoms with Crippen molar-refractivity contribution in [1.29, 1.82) is 0 Å². The van der Waals surface area contributed by atoms with Gasteiger partial charge < -0.3 is 4.55 Å². The second-order valence-electron chi connectivity index (χ2n) is 7.75. The molecule has 1 atom stereocenters. The Morgan fingerprint density at radius 1 is 1.03 bits per heavy atom. The highest BCUT2D eigenvalue weighted by Gasteiger charge is 2.36. The van der Waals surface area contributed by atoms with Gasteiger partial charge in [-0.15, -0.1) is 0 Å². The van der Waals surface area contributed by atoms with E-state index >= 15 is 0 Å². The van der Waals surface area contributed by atoms with Gasteiger partial charge in [0.2, 0.25) is 0 Å². The summed E-state index contributed by atoms with van der Waals surface area (Å²) in [5.74, 6) is 0.256. The molecule has 176 valence electrons. The van der Waals surface area contributed by atoms with Gasteiger partial charge in [0, 0.05) is 12.1 Å². The van der Waals surface area contributed by atoms with Crippen LogP contribution in [0.4, 0.5) is 18.9 Å². The fourth-order valence-corrected chi connectivity index (χ4v) is 3.18. The molecular formula is C18H30F3NO6S2. The number of hydrogen-bond acceptors (Lipinski definition) is 6. The Hall–Kier alpha value is -1.21. The van der Waals surface area contributed by atoms with E-state index in [4.69, 9.17) is 17.2 Å². The van der Waals surface area contributed by atoms with Crippen LogP contribution in [0.25, 0.3) is 0 Å². The smallest absolute Gasteiger partial charge is 0.485 e. The Morgan fingerprint density at radius 2 is 1.50 bits per heavy atom. The van der Waals surface area contributed by atoms with E-state index in [1.807, 2.05) is 40.2 Å². The van der Waals surface area contributed by atoms with Crippen molar-refractivity contribution >= 4 is 25.9 Å². The average Bonchev–Trinajstić information content (AvgIpc) is 2.58. The summed E-state index contributed by atoms with van der Waals surface area (Å²) in [7, 11) is -3.63. The molecular weight excluding hydrogens is 447 g/mol. The first-order chi connectivity index (χ1) is 13.4. The van der Waals surface area contributed by atoms with Gasteiger partial charge in [-0.05, 0) is 24.5 Å². The lowest BCUT2D eigenvalue weighted by Gasteiger charge is -2.23. The van der Waals surface area contributed by atoms with E-state index in [9.17, 15) is 21.6 Å². The summed E-state index contributed by atoms with van der Waals surface area (Å²) in [5.41, 5.74) is -4.60. The first-order valence-corrected chi connectivity index (χ1v) is 12.1. The Balaban J connectivity index is 0.000000890. The maximum atomic E-state index is 12.2. The lowest BCUT2D eigenvalue weighted by molar-refractivity contribution is -0.0517. The third-order valence-electron chi connectivity index (χ3n) is 3.99. The van der Waals surface area contributed by atoms with Crippen LogP contribution in [0, 0.1) is 5.92 Å². The molecule has 0 aliphatic carbocycles. The molecule has 7 nitrogen and oxygen atoms in total. The molecule has 0 bridgehead atoms. The molecule has 0 aliphatic rings. The second-order valence-corrected chi connectivity index (χ2v) is 10.7. The van der Waals surface area contributed by atoms with Crippen LogP contribution >= 0.6 is 0 Å². The van der Waals surface area contributed by atoms with Crippen molar-refractivity contribution < 1.29 is 38.7 Å². The van der Waals surface area contributed by atoms with Crippen molar-refractivity contribution in [1.82, 2.24) is 4.48 Å². The Kier molecular flexibility index (Phi) is 11.0. The first-order valence-electron chi connectivity index (χ1n) is 9.25. The second kappa shape index (κ2) is 11.4. The quantitative estimate of drug-likeness (QED) is 0.176. The van der Waals surface area contributed by atoms with Crippen LogP contribution in [0.15, 0.2) is 29.2 Å². The fourth-order valence-electron chi connectivity index (χ4n) is 2.16. The predicted molar refractivity (Wildman–Crippen MR) is 108 cm³/mol. The monoisotopic (exact) mass is 477 g/mol. The largest absolute Gasteiger partial charge is 0.741 e. The summed E-state index contributed by atoms with van der Waals surface area (Å²) >= 11 is 0. The van der Waals surface area contributed by atoms with Gasteiger partial charge in [0.1, 0.15) is 5.69 Å². The van der Waals surface area contributed by atoms with Crippen LogP contribution in [0.1, 0.15) is 39.5 Å². The minimum absolute atomic E-state index is 0.227. The molecule has 0 fully saturated rings. The highest BCUT2D eigenvalue weighted by Crippen LogP contribution is 2.22. The summed E-state index contributed by atoms with van der Waals surface area (Å²) in [6, 6.07) is 6.91. The zero-order valence-corrected chi connectivity index (χ0v) is 19.4. The highest BCUT2D eigenvalue weighted by atomic mass is 32.2. The zero-order chi connectivity index (χ0) is 23.8. The van der Waals surface area contributed by atoms with Crippen molar-refractivity contribution in [2.45, 2.75) is 49.9 Å². The third kappa shape index (κ3) is 10.7. The number of benzene rings is 1. The topological polar surface area (TPSA) is 101 Å². The first kappa shape index (κ1) is 28.8. The average molecular weight is 478 g/mol. The Morgan fingerprint density at radius 3 is 1.87 bits per heavy atom. The van der Waals surface area contributed by atoms with Crippen LogP contribution in [0.3, 0.4) is 0 Å². The van der Waals surface area contributed by atoms with Gasteiger partial charge in [-0.1, -0.05) is 33.1 Å². The highest BCUT2D eigenvalue weighted by molar-refractivity contribution is 7.87. The van der Waals surface area contributed by atoms with Gasteiger partial charge in [-0.2, -0.15) is 21.6 Å². The molecule has 0 spiro atoms. The number of alkyl halides is 3. The SMILES string of the molecule is CCCCCC(C)COS(=O)(=O)c1ccc([N+](C)(C)C)cc1.O=S(=O)([O-])C(F)(F)F. The van der Waals surface area contributed by atoms with E-state index in [1.54, 1.807) is 12.1 Å². The standard InChI is InChI=1S/C17H30NO3S.CHF3O3S/c1-6-7-8-9-15(2)14-21-22(19,20)17-12-10-16(11-13-17)18(3,4)5;2-1(3,4)8(5,6)7/h10-13,15H,6-9,14H2,1-5H3;(H,5,6,7)/q+1;/p-1. The van der Waals surface area contributed by atoms with E-state index in [-0.39, 0.29) is 17.4 Å². The van der Waals surface area contributed by atoms with Gasteiger partial charge in [-0.3, -0.25) is 8.67 Å². The summed E-state index contributed by atoms with van der Waals surface area (Å²) in [4.78, 5) is 0.227. The molecule has 1 unspecified atom stereocenters. The molecule has 0 heterocycles. The van der Waals surface area contributed by atoms with Crippen LogP contribution in [-0.4, -0.2) is 54.6 Å². The normalized spacial score (nSPS) is 14.0. The number of quaternary nitrogens is 1. The lowest BCUT2D eigenvalue weighted by atomic mass is 10.0. The lowest BCUT2D eigenvalue weighted by Crippen LogP contribution is -2.34. The van der Waals surface area contributed by atoms with Gasteiger partial charge in [0.25, 0.3) is 10.1 Å². The number of nitrogens with zero attached hydrogens (tertiary/aromatic N) is 1. The molecule has 12 heteroatoms. The van der Waals surface area contributed by atoms with Gasteiger partial charge >= 0.3 is 5.51 Å². The van der Waals surface area contributed by atoms with Crippen molar-refractivity contribution in [2.75, 3.05) is 27.7 Å². The Labute approximate surface area is 177 Å². The van der Waals surface area contributed by atoms with Gasteiger partial charge in [-0.25, -0.2) is 8.42 Å². The summed E-state index contributed by atoms with van der Waals surface area (Å²) in [5, 5.41) is 0. The predicted octanol–water partition coefficient (Wildman–Crippen LogP) is 3.86. The molecule has 0 saturated carbocycles. The van der Waals surface area contributed by atoms with E-state index < -0.39 is 25.7 Å². The molecule has 0 aliphatic heterocycles. The Bertz CT molecular complexity index is 845. The van der Waals surface area contributed by atoms with Crippen molar-refractivity contribution in [3.05, 3.63) is 24.3 Å². The summed E-state index contributed by atoms with van der Waals surface area (Å²) in [6.07, 6.45) is 4.48. The minimum Gasteiger partial charge on any atom is -0.741 e. The molecule has 1 rings (SSSR count). The summed E-state index contributed by atoms with van der Waals surface area (Å²) in [6.45, 7) is 4.44. The van der Waals surface area contributed by atoms with E-state index in [0.29, 0.717) is 4.48 Å².